The van der Waals surface area contributed by atoms with Crippen molar-refractivity contribution in [3.8, 4) is 0 Å². The third-order valence-corrected chi connectivity index (χ3v) is 4.94. The van der Waals surface area contributed by atoms with Gasteiger partial charge >= 0.3 is 0 Å². The van der Waals surface area contributed by atoms with E-state index in [4.69, 9.17) is 4.74 Å². The van der Waals surface area contributed by atoms with Gasteiger partial charge in [0, 0.05) is 13.6 Å². The fourth-order valence-electron chi connectivity index (χ4n) is 3.40. The maximum absolute atomic E-state index is 14.1. The average Bonchev–Trinajstić information content (AvgIpc) is 2.40. The molecule has 0 radical (unpaired) electrons. The first-order valence-electron chi connectivity index (χ1n) is 7.43. The van der Waals surface area contributed by atoms with Gasteiger partial charge in [0.15, 0.2) is 5.67 Å². The van der Waals surface area contributed by atoms with E-state index in [0.29, 0.717) is 39.1 Å². The predicted molar refractivity (Wildman–Crippen MR) is 73.4 cm³/mol. The summed E-state index contributed by atoms with van der Waals surface area (Å²) in [5.41, 5.74) is -2.07. The summed E-state index contributed by atoms with van der Waals surface area (Å²) >= 11 is 0. The summed E-state index contributed by atoms with van der Waals surface area (Å²) < 4.78 is 20.0. The van der Waals surface area contributed by atoms with Crippen LogP contribution in [0.15, 0.2) is 0 Å². The van der Waals surface area contributed by atoms with Gasteiger partial charge in [0.1, 0.15) is 11.6 Å². The first-order chi connectivity index (χ1) is 9.89. The van der Waals surface area contributed by atoms with Crippen LogP contribution in [0.4, 0.5) is 4.39 Å². The molecule has 0 aromatic heterocycles. The van der Waals surface area contributed by atoms with E-state index in [-0.39, 0.29) is 17.9 Å². The number of ether oxygens (including phenoxy) is 1. The molecule has 0 aromatic rings. The fraction of sp³-hybridized carbons (Fsp3) is 0.857. The van der Waals surface area contributed by atoms with Gasteiger partial charge in [-0.05, 0) is 26.3 Å². The second kappa shape index (κ2) is 4.91. The van der Waals surface area contributed by atoms with Crippen LogP contribution in [0.5, 0.6) is 0 Å². The standard InChI is InChI=1S/C14H22FN3O3/c1-16-11(19)10-6-21-13(7-17(10)2)8-18(9-13)12(20)14(15)4-3-5-14/h10H,3-9H2,1-2H3,(H,16,19)/t10-/m0/s1. The first kappa shape index (κ1) is 14.7. The lowest BCUT2D eigenvalue weighted by molar-refractivity contribution is -0.208. The van der Waals surface area contributed by atoms with E-state index in [2.05, 4.69) is 5.32 Å². The maximum atomic E-state index is 14.1. The number of carbonyl (C=O) groups is 2. The molecular weight excluding hydrogens is 277 g/mol. The Morgan fingerprint density at radius 3 is 2.43 bits per heavy atom. The van der Waals surface area contributed by atoms with Gasteiger partial charge in [-0.3, -0.25) is 14.5 Å². The van der Waals surface area contributed by atoms with Gasteiger partial charge in [0.05, 0.1) is 19.7 Å². The molecule has 2 aliphatic heterocycles. The number of likely N-dealkylation sites (N-methyl/N-ethyl adjacent to an activating group) is 2. The molecule has 118 valence electrons. The molecule has 1 N–H and O–H groups in total. The molecule has 1 atom stereocenters. The fourth-order valence-corrected chi connectivity index (χ4v) is 3.40. The van der Waals surface area contributed by atoms with Gasteiger partial charge < -0.3 is 15.0 Å². The van der Waals surface area contributed by atoms with Gasteiger partial charge in [-0.2, -0.15) is 0 Å². The van der Waals surface area contributed by atoms with E-state index < -0.39 is 11.3 Å². The van der Waals surface area contributed by atoms with Crippen LogP contribution in [0.3, 0.4) is 0 Å². The highest BCUT2D eigenvalue weighted by Gasteiger charge is 2.56. The minimum absolute atomic E-state index is 0.0724. The number of carbonyl (C=O) groups excluding carboxylic acids is 2. The minimum atomic E-state index is -1.63. The van der Waals surface area contributed by atoms with Crippen molar-refractivity contribution in [1.82, 2.24) is 15.1 Å². The SMILES string of the molecule is CNC(=O)[C@@H]1COC2(CN(C(=O)C3(F)CCC3)C2)CN1C. The lowest BCUT2D eigenvalue weighted by Gasteiger charge is -2.56. The largest absolute Gasteiger partial charge is 0.368 e. The Labute approximate surface area is 123 Å². The molecule has 7 heteroatoms. The molecule has 1 spiro atoms. The minimum Gasteiger partial charge on any atom is -0.368 e. The Morgan fingerprint density at radius 1 is 1.29 bits per heavy atom. The summed E-state index contributed by atoms with van der Waals surface area (Å²) in [6, 6.07) is -0.301. The number of nitrogens with one attached hydrogen (secondary N) is 1. The zero-order valence-corrected chi connectivity index (χ0v) is 12.5. The van der Waals surface area contributed by atoms with Crippen LogP contribution in [-0.4, -0.2) is 79.3 Å². The number of hydrogen-bond donors (Lipinski definition) is 1. The van der Waals surface area contributed by atoms with Gasteiger partial charge in [0.25, 0.3) is 5.91 Å². The van der Waals surface area contributed by atoms with Crippen LogP contribution in [0, 0.1) is 0 Å². The van der Waals surface area contributed by atoms with E-state index in [1.54, 1.807) is 11.9 Å². The highest BCUT2D eigenvalue weighted by Crippen LogP contribution is 2.40. The van der Waals surface area contributed by atoms with Crippen molar-refractivity contribution in [3.05, 3.63) is 0 Å². The van der Waals surface area contributed by atoms with Crippen molar-refractivity contribution >= 4 is 11.8 Å². The maximum Gasteiger partial charge on any atom is 0.260 e. The summed E-state index contributed by atoms with van der Waals surface area (Å²) in [6.07, 6.45) is 1.47. The van der Waals surface area contributed by atoms with E-state index in [1.807, 2.05) is 11.9 Å². The molecule has 2 heterocycles. The lowest BCUT2D eigenvalue weighted by Crippen LogP contribution is -2.74. The molecule has 3 rings (SSSR count). The molecule has 2 amide bonds. The molecule has 0 aromatic carbocycles. The highest BCUT2D eigenvalue weighted by atomic mass is 19.1. The first-order valence-corrected chi connectivity index (χ1v) is 7.43. The second-order valence-corrected chi connectivity index (χ2v) is 6.52. The van der Waals surface area contributed by atoms with E-state index in [1.165, 1.54) is 0 Å². The quantitative estimate of drug-likeness (QED) is 0.749. The Balaban J connectivity index is 1.56. The van der Waals surface area contributed by atoms with Crippen LogP contribution in [0.1, 0.15) is 19.3 Å². The Hall–Kier alpha value is -1.21. The number of halogens is 1. The smallest absolute Gasteiger partial charge is 0.260 e. The number of rotatable bonds is 2. The molecule has 6 nitrogen and oxygen atoms in total. The van der Waals surface area contributed by atoms with Crippen LogP contribution in [-0.2, 0) is 14.3 Å². The topological polar surface area (TPSA) is 61.9 Å². The van der Waals surface area contributed by atoms with Gasteiger partial charge in [0.2, 0.25) is 5.91 Å². The van der Waals surface area contributed by atoms with Crippen molar-refractivity contribution in [2.75, 3.05) is 40.3 Å². The second-order valence-electron chi connectivity index (χ2n) is 6.52. The molecule has 3 fully saturated rings. The number of hydrogen-bond acceptors (Lipinski definition) is 4. The molecule has 21 heavy (non-hydrogen) atoms. The summed E-state index contributed by atoms with van der Waals surface area (Å²) in [6.45, 7) is 1.72. The monoisotopic (exact) mass is 299 g/mol. The summed E-state index contributed by atoms with van der Waals surface area (Å²) in [4.78, 5) is 27.3. The molecule has 1 aliphatic carbocycles. The molecule has 2 saturated heterocycles. The number of likely N-dealkylation sites (tertiary alicyclic amines) is 1. The van der Waals surface area contributed by atoms with Crippen LogP contribution in [0.25, 0.3) is 0 Å². The molecule has 1 saturated carbocycles. The number of amides is 2. The van der Waals surface area contributed by atoms with Crippen LogP contribution in [0.2, 0.25) is 0 Å². The normalized spacial score (nSPS) is 30.4. The van der Waals surface area contributed by atoms with Crippen LogP contribution >= 0.6 is 0 Å². The number of morpholine rings is 1. The predicted octanol–water partition coefficient (Wildman–Crippen LogP) is -0.464. The van der Waals surface area contributed by atoms with Gasteiger partial charge in [-0.1, -0.05) is 0 Å². The summed E-state index contributed by atoms with van der Waals surface area (Å²) in [5, 5.41) is 2.62. The highest BCUT2D eigenvalue weighted by molar-refractivity contribution is 5.87. The van der Waals surface area contributed by atoms with Crippen molar-refractivity contribution in [1.29, 1.82) is 0 Å². The van der Waals surface area contributed by atoms with E-state index in [0.717, 1.165) is 6.42 Å². The average molecular weight is 299 g/mol. The van der Waals surface area contributed by atoms with Crippen molar-refractivity contribution in [3.63, 3.8) is 0 Å². The Morgan fingerprint density at radius 2 is 1.95 bits per heavy atom. The lowest BCUT2D eigenvalue weighted by atomic mass is 9.79. The van der Waals surface area contributed by atoms with Crippen LogP contribution < -0.4 is 5.32 Å². The Kier molecular flexibility index (Phi) is 3.44. The van der Waals surface area contributed by atoms with Crippen molar-refractivity contribution in [2.45, 2.75) is 36.6 Å². The molecule has 0 bridgehead atoms. The summed E-state index contributed by atoms with van der Waals surface area (Å²) in [7, 11) is 3.47. The van der Waals surface area contributed by atoms with Gasteiger partial charge in [-0.25, -0.2) is 4.39 Å². The third kappa shape index (κ3) is 2.32. The summed E-state index contributed by atoms with van der Waals surface area (Å²) in [5.74, 6) is -0.462. The van der Waals surface area contributed by atoms with Gasteiger partial charge in [-0.15, -0.1) is 0 Å². The molecule has 0 unspecified atom stereocenters. The Bertz CT molecular complexity index is 460. The number of nitrogens with zero attached hydrogens (tertiary/aromatic N) is 2. The third-order valence-electron chi connectivity index (χ3n) is 4.94. The van der Waals surface area contributed by atoms with Crippen molar-refractivity contribution < 1.29 is 18.7 Å². The molecular formula is C14H22FN3O3. The van der Waals surface area contributed by atoms with Crippen molar-refractivity contribution in [2.24, 2.45) is 0 Å². The van der Waals surface area contributed by atoms with E-state index in [9.17, 15) is 14.0 Å². The number of alkyl halides is 1. The van der Waals surface area contributed by atoms with E-state index >= 15 is 0 Å². The molecule has 3 aliphatic rings. The zero-order valence-electron chi connectivity index (χ0n) is 12.5. The zero-order chi connectivity index (χ0) is 15.3.